The number of fused-ring (bicyclic) bond motifs is 22. The summed E-state index contributed by atoms with van der Waals surface area (Å²) in [7, 11) is 4.40. The summed E-state index contributed by atoms with van der Waals surface area (Å²) in [5.74, 6) is 0. The molecule has 0 aliphatic heterocycles. The average Bonchev–Trinajstić information content (AvgIpc) is 1.07. The second-order valence-electron chi connectivity index (χ2n) is 32.7. The van der Waals surface area contributed by atoms with Gasteiger partial charge in [-0.15, -0.1) is 0 Å². The van der Waals surface area contributed by atoms with Gasteiger partial charge in [-0.3, -0.25) is 0 Å². The Morgan fingerprint density at radius 2 is 0.403 bits per heavy atom. The monoisotopic (exact) mass is 1580 g/mol. The molecule has 4 heterocycles. The fourth-order valence-corrected chi connectivity index (χ4v) is 19.8. The van der Waals surface area contributed by atoms with Gasteiger partial charge in [-0.25, -0.2) is 0 Å². The number of hydrogen-bond acceptors (Lipinski definition) is 0. The molecule has 21 aromatic carbocycles. The number of aryl methyl sites for hydroxylation is 4. The zero-order valence-corrected chi connectivity index (χ0v) is 69.5. The molecule has 0 radical (unpaired) electrons. The Labute approximate surface area is 720 Å². The van der Waals surface area contributed by atoms with Gasteiger partial charge in [0.15, 0.2) is 0 Å². The van der Waals surface area contributed by atoms with E-state index in [4.69, 9.17) is 0 Å². The molecule has 25 rings (SSSR count). The van der Waals surface area contributed by atoms with Crippen LogP contribution in [-0.2, 0) is 14.1 Å². The van der Waals surface area contributed by atoms with Crippen molar-refractivity contribution in [1.82, 2.24) is 18.3 Å². The first kappa shape index (κ1) is 74.4. The Kier molecular flexibility index (Phi) is 18.8. The summed E-state index contributed by atoms with van der Waals surface area (Å²) in [6, 6.07) is 162. The van der Waals surface area contributed by atoms with E-state index in [-0.39, 0.29) is 0 Å². The predicted molar refractivity (Wildman–Crippen MR) is 532 cm³/mol. The van der Waals surface area contributed by atoms with Gasteiger partial charge in [0, 0.05) is 101 Å². The molecule has 25 aromatic rings. The van der Waals surface area contributed by atoms with E-state index < -0.39 is 0 Å². The van der Waals surface area contributed by atoms with Crippen LogP contribution in [0, 0.1) is 13.8 Å². The molecule has 0 bridgehead atoms. The fourth-order valence-electron chi connectivity index (χ4n) is 19.8. The van der Waals surface area contributed by atoms with E-state index in [1.165, 1.54) is 230 Å². The van der Waals surface area contributed by atoms with Crippen LogP contribution in [0.5, 0.6) is 0 Å². The third-order valence-corrected chi connectivity index (χ3v) is 25.5. The van der Waals surface area contributed by atoms with Crippen molar-refractivity contribution in [3.63, 3.8) is 0 Å². The lowest BCUT2D eigenvalue weighted by Gasteiger charge is -2.12. The van der Waals surface area contributed by atoms with Crippen LogP contribution < -0.4 is 0 Å². The van der Waals surface area contributed by atoms with Crippen molar-refractivity contribution in [3.8, 4) is 78.1 Å². The Bertz CT molecular complexity index is 8210. The minimum atomic E-state index is 1.19. The topological polar surface area (TPSA) is 19.7 Å². The second kappa shape index (κ2) is 31.4. The van der Waals surface area contributed by atoms with E-state index in [0.717, 1.165) is 0 Å². The van der Waals surface area contributed by atoms with E-state index in [1.807, 2.05) is 0 Å². The minimum absolute atomic E-state index is 1.19. The van der Waals surface area contributed by atoms with Gasteiger partial charge in [0.2, 0.25) is 0 Å². The summed E-state index contributed by atoms with van der Waals surface area (Å²) in [5.41, 5.74) is 30.3. The van der Waals surface area contributed by atoms with Gasteiger partial charge >= 0.3 is 0 Å². The Balaban J connectivity index is 0.0000000984. The first-order valence-corrected chi connectivity index (χ1v) is 42.9. The standard InChI is InChI=1S/C33H23N.3C29H21N/c1-34-32-26-18-10-8-16-24(26)28(22-12-4-2-5-13-22)20-30(32)31-21-29(23-14-6-3-7-15-23)25-17-9-11-19-27(25)33(31)34;1-30-28-17-16-22(20-10-4-2-5-11-20)18-26(28)27-19-25(21-12-6-3-7-13-21)23-14-8-9-15-24(23)29(27)30;1-20-18-27-26-19-22(21-10-4-2-5-11-21)16-17-28(26)30(23-12-6-3-7-13-23)29(27)25-15-9-8-14-24(20)25;1-20-16-17-28-26(18-20)27-19-25(21-10-4-2-5-11-21)23-14-8-9-15-24(23)29(27)30(28)22-12-6-3-7-13-22/h2-21H,1H3;3*2-19H,1H3. The van der Waals surface area contributed by atoms with Crippen LogP contribution in [0.15, 0.2) is 449 Å². The van der Waals surface area contributed by atoms with Gasteiger partial charge in [0.25, 0.3) is 0 Å². The molecule has 124 heavy (non-hydrogen) atoms. The Morgan fingerprint density at radius 1 is 0.153 bits per heavy atom. The SMILES string of the molecule is Cc1cc2c3cc(-c4ccccc4)ccc3n(-c3ccccc3)c2c2ccccc12.Cc1ccc2c(c1)c1cc(-c3ccccc3)c3ccccc3c1n2-c1ccccc1.Cn1c2c3ccccc3c(-c3ccccc3)cc2c2cc(-c3ccccc3)c3ccccc3c21.Cn1c2ccc(-c3ccccc3)cc2c2cc(-c3ccccc3)c3ccccc3c21. The molecule has 586 valence electrons. The molecule has 0 N–H and O–H groups in total. The van der Waals surface area contributed by atoms with E-state index in [2.05, 4.69) is 495 Å². The lowest BCUT2D eigenvalue weighted by molar-refractivity contribution is 1.02. The van der Waals surface area contributed by atoms with Crippen LogP contribution in [0.1, 0.15) is 11.1 Å². The molecule has 4 heteroatoms. The quantitative estimate of drug-likeness (QED) is 0.144. The molecule has 0 unspecified atom stereocenters. The molecule has 0 fully saturated rings. The third kappa shape index (κ3) is 12.8. The molecule has 0 aliphatic carbocycles. The number of rotatable bonds is 8. The van der Waals surface area contributed by atoms with Crippen molar-refractivity contribution in [2.75, 3.05) is 0 Å². The summed E-state index contributed by atoms with van der Waals surface area (Å²) in [4.78, 5) is 0. The van der Waals surface area contributed by atoms with E-state index in [9.17, 15) is 0 Å². The van der Waals surface area contributed by atoms with E-state index in [0.29, 0.717) is 0 Å². The first-order chi connectivity index (χ1) is 61.2. The lowest BCUT2D eigenvalue weighted by Crippen LogP contribution is -1.94. The molecule has 4 nitrogen and oxygen atoms in total. The van der Waals surface area contributed by atoms with E-state index >= 15 is 0 Å². The number of nitrogens with zero attached hydrogens (tertiary/aromatic N) is 4. The summed E-state index contributed by atoms with van der Waals surface area (Å²) < 4.78 is 9.58. The molecule has 0 amide bonds. The molecule has 0 spiro atoms. The zero-order valence-electron chi connectivity index (χ0n) is 69.5. The maximum atomic E-state index is 2.42. The van der Waals surface area contributed by atoms with Crippen LogP contribution in [-0.4, -0.2) is 18.3 Å². The molecule has 4 aromatic heterocycles. The van der Waals surface area contributed by atoms with E-state index in [1.54, 1.807) is 0 Å². The summed E-state index contributed by atoms with van der Waals surface area (Å²) in [5, 5.41) is 23.4. The van der Waals surface area contributed by atoms with Crippen molar-refractivity contribution in [1.29, 1.82) is 0 Å². The highest BCUT2D eigenvalue weighted by Crippen LogP contribution is 2.48. The van der Waals surface area contributed by atoms with Crippen molar-refractivity contribution in [2.24, 2.45) is 14.1 Å². The van der Waals surface area contributed by atoms with Crippen molar-refractivity contribution >= 4 is 141 Å². The fraction of sp³-hybridized carbons (Fsp3) is 0.0333. The van der Waals surface area contributed by atoms with Gasteiger partial charge in [-0.1, -0.05) is 363 Å². The van der Waals surface area contributed by atoms with Gasteiger partial charge in [-0.05, 0) is 204 Å². The Hall–Kier alpha value is -15.9. The van der Waals surface area contributed by atoms with Crippen LogP contribution >= 0.6 is 0 Å². The molecule has 0 saturated heterocycles. The molecule has 0 atom stereocenters. The lowest BCUT2D eigenvalue weighted by atomic mass is 9.93. The molecular weight excluding hydrogens is 1500 g/mol. The molecular formula is C120H86N4. The van der Waals surface area contributed by atoms with Crippen LogP contribution in [0.25, 0.3) is 219 Å². The normalized spacial score (nSPS) is 11.5. The molecule has 0 aliphatic rings. The third-order valence-electron chi connectivity index (χ3n) is 25.5. The number of para-hydroxylation sites is 2. The van der Waals surface area contributed by atoms with Crippen LogP contribution in [0.4, 0.5) is 0 Å². The van der Waals surface area contributed by atoms with Gasteiger partial charge in [0.05, 0.1) is 38.6 Å². The second-order valence-corrected chi connectivity index (χ2v) is 32.7. The first-order valence-electron chi connectivity index (χ1n) is 42.9. The number of benzene rings is 21. The highest BCUT2D eigenvalue weighted by atomic mass is 15.0. The minimum Gasteiger partial charge on any atom is -0.343 e. The van der Waals surface area contributed by atoms with Gasteiger partial charge < -0.3 is 18.3 Å². The largest absolute Gasteiger partial charge is 0.343 e. The summed E-state index contributed by atoms with van der Waals surface area (Å²) in [6.45, 7) is 4.39. The average molecular weight is 1580 g/mol. The maximum absolute atomic E-state index is 2.42. The highest BCUT2D eigenvalue weighted by Gasteiger charge is 2.24. The summed E-state index contributed by atoms with van der Waals surface area (Å²) in [6.07, 6.45) is 0. The Morgan fingerprint density at radius 3 is 0.774 bits per heavy atom. The number of aromatic nitrogens is 4. The highest BCUT2D eigenvalue weighted by molar-refractivity contribution is 6.28. The van der Waals surface area contributed by atoms with Gasteiger partial charge in [-0.2, -0.15) is 0 Å². The smallest absolute Gasteiger partial charge is 0.0619 e. The number of hydrogen-bond donors (Lipinski definition) is 0. The zero-order chi connectivity index (χ0) is 82.9. The van der Waals surface area contributed by atoms with Crippen molar-refractivity contribution in [2.45, 2.75) is 13.8 Å². The predicted octanol–water partition coefficient (Wildman–Crippen LogP) is 32.6. The van der Waals surface area contributed by atoms with Crippen molar-refractivity contribution in [3.05, 3.63) is 460 Å². The van der Waals surface area contributed by atoms with Crippen LogP contribution in [0.3, 0.4) is 0 Å². The van der Waals surface area contributed by atoms with Crippen LogP contribution in [0.2, 0.25) is 0 Å². The van der Waals surface area contributed by atoms with Gasteiger partial charge in [0.1, 0.15) is 0 Å². The van der Waals surface area contributed by atoms with Crippen molar-refractivity contribution < 1.29 is 0 Å². The molecule has 0 saturated carbocycles. The summed E-state index contributed by atoms with van der Waals surface area (Å²) >= 11 is 0. The maximum Gasteiger partial charge on any atom is 0.0619 e.